The second-order valence-electron chi connectivity index (χ2n) is 3.00. The predicted octanol–water partition coefficient (Wildman–Crippen LogP) is 0.662. The van der Waals surface area contributed by atoms with E-state index in [0.29, 0.717) is 0 Å². The van der Waals surface area contributed by atoms with Crippen LogP contribution in [0.25, 0.3) is 0 Å². The number of nitrogens with zero attached hydrogens (tertiary/aromatic N) is 4. The van der Waals surface area contributed by atoms with Gasteiger partial charge in [-0.3, -0.25) is 4.68 Å². The number of aliphatic hydroxyl groups is 1. The quantitative estimate of drug-likeness (QED) is 0.791. The fraction of sp³-hybridized carbons (Fsp3) is 0.375. The van der Waals surface area contributed by atoms with E-state index in [4.69, 9.17) is 0 Å². The molecule has 2 aromatic rings. The number of aromatic nitrogens is 4. The maximum absolute atomic E-state index is 10.0. The van der Waals surface area contributed by atoms with Gasteiger partial charge in [0.1, 0.15) is 6.10 Å². The molecule has 2 rings (SSSR count). The van der Waals surface area contributed by atoms with Gasteiger partial charge in [0.05, 0.1) is 16.3 Å². The molecule has 2 aromatic heterocycles. The highest BCUT2D eigenvalue weighted by molar-refractivity contribution is 7.05. The van der Waals surface area contributed by atoms with Crippen molar-refractivity contribution in [3.63, 3.8) is 0 Å². The molecule has 1 N–H and O–H groups in total. The number of hydrogen-bond donors (Lipinski definition) is 1. The third-order valence-corrected chi connectivity index (χ3v) is 2.95. The molecule has 2 heterocycles. The van der Waals surface area contributed by atoms with Crippen molar-refractivity contribution in [2.45, 2.75) is 13.0 Å². The fourth-order valence-electron chi connectivity index (χ4n) is 1.28. The molecule has 0 aliphatic rings. The molecule has 0 fully saturated rings. The van der Waals surface area contributed by atoms with Crippen LogP contribution < -0.4 is 0 Å². The Morgan fingerprint density at radius 1 is 1.57 bits per heavy atom. The molecule has 5 nitrogen and oxygen atoms in total. The Morgan fingerprint density at radius 3 is 2.86 bits per heavy atom. The van der Waals surface area contributed by atoms with E-state index in [1.165, 1.54) is 11.5 Å². The van der Waals surface area contributed by atoms with E-state index in [0.717, 1.165) is 16.3 Å². The number of aryl methyl sites for hydroxylation is 2. The van der Waals surface area contributed by atoms with Crippen LogP contribution in [0, 0.1) is 6.92 Å². The maximum Gasteiger partial charge on any atom is 0.133 e. The topological polar surface area (TPSA) is 63.8 Å². The van der Waals surface area contributed by atoms with Gasteiger partial charge < -0.3 is 5.11 Å². The summed E-state index contributed by atoms with van der Waals surface area (Å²) in [7, 11) is 1.79. The lowest BCUT2D eigenvalue weighted by Crippen LogP contribution is -2.06. The molecule has 1 atom stereocenters. The third-order valence-electron chi connectivity index (χ3n) is 2.07. The van der Waals surface area contributed by atoms with Crippen LogP contribution in [0.1, 0.15) is 22.4 Å². The summed E-state index contributed by atoms with van der Waals surface area (Å²) in [5.74, 6) is 0. The Labute approximate surface area is 85.2 Å². The van der Waals surface area contributed by atoms with Crippen molar-refractivity contribution in [2.24, 2.45) is 7.05 Å². The first-order chi connectivity index (χ1) is 6.70. The van der Waals surface area contributed by atoms with Crippen LogP contribution in [0.3, 0.4) is 0 Å². The van der Waals surface area contributed by atoms with Crippen molar-refractivity contribution in [2.75, 3.05) is 0 Å². The van der Waals surface area contributed by atoms with E-state index in [1.54, 1.807) is 24.0 Å². The average Bonchev–Trinajstić information content (AvgIpc) is 2.73. The molecule has 0 amide bonds. The Balaban J connectivity index is 2.38. The molecule has 0 radical (unpaired) electrons. The van der Waals surface area contributed by atoms with Gasteiger partial charge in [0.15, 0.2) is 0 Å². The Hall–Kier alpha value is -1.27. The van der Waals surface area contributed by atoms with Crippen LogP contribution in [0.4, 0.5) is 0 Å². The lowest BCUT2D eigenvalue weighted by molar-refractivity contribution is 0.212. The first kappa shape index (κ1) is 9.29. The minimum atomic E-state index is -0.678. The largest absolute Gasteiger partial charge is 0.381 e. The van der Waals surface area contributed by atoms with Crippen molar-refractivity contribution in [3.05, 3.63) is 28.5 Å². The van der Waals surface area contributed by atoms with Crippen molar-refractivity contribution in [1.82, 2.24) is 19.4 Å². The zero-order chi connectivity index (χ0) is 10.1. The Kier molecular flexibility index (Phi) is 2.30. The van der Waals surface area contributed by atoms with E-state index in [2.05, 4.69) is 14.7 Å². The van der Waals surface area contributed by atoms with Gasteiger partial charge in [0.2, 0.25) is 0 Å². The van der Waals surface area contributed by atoms with Gasteiger partial charge in [-0.2, -0.15) is 5.10 Å². The van der Waals surface area contributed by atoms with Crippen molar-refractivity contribution in [3.8, 4) is 0 Å². The van der Waals surface area contributed by atoms with Crippen LogP contribution in [-0.4, -0.2) is 24.5 Å². The Morgan fingerprint density at radius 2 is 2.36 bits per heavy atom. The van der Waals surface area contributed by atoms with Gasteiger partial charge >= 0.3 is 0 Å². The molecule has 0 aromatic carbocycles. The maximum atomic E-state index is 10.0. The number of hydrogen-bond acceptors (Lipinski definition) is 5. The second kappa shape index (κ2) is 3.47. The van der Waals surface area contributed by atoms with Crippen LogP contribution in [0.5, 0.6) is 0 Å². The minimum Gasteiger partial charge on any atom is -0.381 e. The van der Waals surface area contributed by atoms with Gasteiger partial charge in [0.25, 0.3) is 0 Å². The molecule has 0 saturated carbocycles. The summed E-state index contributed by atoms with van der Waals surface area (Å²) >= 11 is 1.21. The van der Waals surface area contributed by atoms with Gasteiger partial charge in [-0.1, -0.05) is 4.49 Å². The SMILES string of the molecule is Cc1nnsc1C(O)c1ccnn1C. The van der Waals surface area contributed by atoms with E-state index in [9.17, 15) is 5.11 Å². The summed E-state index contributed by atoms with van der Waals surface area (Å²) in [6.07, 6.45) is 0.977. The molecular formula is C8H10N4OS. The van der Waals surface area contributed by atoms with Crippen LogP contribution in [0.15, 0.2) is 12.3 Å². The summed E-state index contributed by atoms with van der Waals surface area (Å²) in [5, 5.41) is 17.9. The lowest BCUT2D eigenvalue weighted by Gasteiger charge is -2.08. The third kappa shape index (κ3) is 1.42. The first-order valence-corrected chi connectivity index (χ1v) is 4.92. The monoisotopic (exact) mass is 210 g/mol. The van der Waals surface area contributed by atoms with Crippen LogP contribution in [-0.2, 0) is 7.05 Å². The second-order valence-corrected chi connectivity index (χ2v) is 3.79. The van der Waals surface area contributed by atoms with Gasteiger partial charge in [-0.15, -0.1) is 5.10 Å². The van der Waals surface area contributed by atoms with E-state index < -0.39 is 6.10 Å². The summed E-state index contributed by atoms with van der Waals surface area (Å²) < 4.78 is 5.43. The van der Waals surface area contributed by atoms with Gasteiger partial charge in [-0.05, 0) is 24.5 Å². The van der Waals surface area contributed by atoms with Crippen LogP contribution >= 0.6 is 11.5 Å². The molecule has 74 valence electrons. The summed E-state index contributed by atoms with van der Waals surface area (Å²) in [5.41, 5.74) is 1.52. The highest BCUT2D eigenvalue weighted by Crippen LogP contribution is 2.25. The van der Waals surface area contributed by atoms with Crippen molar-refractivity contribution < 1.29 is 5.11 Å². The summed E-state index contributed by atoms with van der Waals surface area (Å²) in [6.45, 7) is 1.83. The molecule has 0 aliphatic heterocycles. The molecule has 1 unspecified atom stereocenters. The molecule has 0 aliphatic carbocycles. The zero-order valence-corrected chi connectivity index (χ0v) is 8.69. The van der Waals surface area contributed by atoms with E-state index >= 15 is 0 Å². The van der Waals surface area contributed by atoms with Crippen LogP contribution in [0.2, 0.25) is 0 Å². The molecule has 0 spiro atoms. The lowest BCUT2D eigenvalue weighted by atomic mass is 10.2. The fourth-order valence-corrected chi connectivity index (χ4v) is 1.92. The molecule has 0 saturated heterocycles. The zero-order valence-electron chi connectivity index (χ0n) is 7.88. The first-order valence-electron chi connectivity index (χ1n) is 4.15. The van der Waals surface area contributed by atoms with Crippen molar-refractivity contribution in [1.29, 1.82) is 0 Å². The number of rotatable bonds is 2. The molecule has 6 heteroatoms. The molecular weight excluding hydrogens is 200 g/mol. The molecule has 14 heavy (non-hydrogen) atoms. The average molecular weight is 210 g/mol. The minimum absolute atomic E-state index is 0.678. The standard InChI is InChI=1S/C8H10N4OS/c1-5-8(14-11-10-5)7(13)6-3-4-9-12(6)2/h3-4,7,13H,1-2H3. The summed E-state index contributed by atoms with van der Waals surface area (Å²) in [6, 6.07) is 1.78. The van der Waals surface area contributed by atoms with E-state index in [1.807, 2.05) is 6.92 Å². The molecule has 0 bridgehead atoms. The van der Waals surface area contributed by atoms with Gasteiger partial charge in [0, 0.05) is 13.2 Å². The summed E-state index contributed by atoms with van der Waals surface area (Å²) in [4.78, 5) is 0.772. The van der Waals surface area contributed by atoms with E-state index in [-0.39, 0.29) is 0 Å². The highest BCUT2D eigenvalue weighted by Gasteiger charge is 2.18. The number of aliphatic hydroxyl groups excluding tert-OH is 1. The van der Waals surface area contributed by atoms with Gasteiger partial charge in [-0.25, -0.2) is 0 Å². The normalized spacial score (nSPS) is 13.1. The van der Waals surface area contributed by atoms with Crippen molar-refractivity contribution >= 4 is 11.5 Å². The smallest absolute Gasteiger partial charge is 0.133 e. The highest BCUT2D eigenvalue weighted by atomic mass is 32.1. The Bertz CT molecular complexity index is 396. The predicted molar refractivity (Wildman–Crippen MR) is 51.9 cm³/mol.